The van der Waals surface area contributed by atoms with Crippen molar-refractivity contribution in [2.24, 2.45) is 5.92 Å². The fraction of sp³-hybridized carbons (Fsp3) is 0.600. The van der Waals surface area contributed by atoms with Gasteiger partial charge in [-0.1, -0.05) is 19.8 Å². The average Bonchev–Trinajstić information content (AvgIpc) is 2.40. The maximum Gasteiger partial charge on any atom is 0.253 e. The maximum atomic E-state index is 12.1. The Bertz CT molecular complexity index is 416. The second-order valence-electron chi connectivity index (χ2n) is 5.40. The number of nitrogens with one attached hydrogen (secondary N) is 2. The van der Waals surface area contributed by atoms with Crippen LogP contribution in [0.25, 0.3) is 0 Å². The Kier molecular flexibility index (Phi) is 4.77. The summed E-state index contributed by atoms with van der Waals surface area (Å²) in [5.74, 6) is 1.52. The molecule has 2 unspecified atom stereocenters. The highest BCUT2D eigenvalue weighted by Crippen LogP contribution is 2.23. The summed E-state index contributed by atoms with van der Waals surface area (Å²) >= 11 is 0. The Morgan fingerprint density at radius 2 is 2.26 bits per heavy atom. The molecule has 1 saturated carbocycles. The molecule has 2 N–H and O–H groups in total. The molecule has 0 aliphatic heterocycles. The third-order valence-electron chi connectivity index (χ3n) is 3.66. The van der Waals surface area contributed by atoms with Gasteiger partial charge in [-0.25, -0.2) is 4.98 Å². The van der Waals surface area contributed by atoms with Crippen molar-refractivity contribution < 1.29 is 4.79 Å². The monoisotopic (exact) mass is 261 g/mol. The smallest absolute Gasteiger partial charge is 0.253 e. The number of carbonyl (C=O) groups excluding carboxylic acids is 1. The molecule has 1 fully saturated rings. The zero-order chi connectivity index (χ0) is 13.7. The summed E-state index contributed by atoms with van der Waals surface area (Å²) in [5, 5.41) is 6.24. The zero-order valence-electron chi connectivity index (χ0n) is 11.8. The van der Waals surface area contributed by atoms with Crippen molar-refractivity contribution in [3.63, 3.8) is 0 Å². The van der Waals surface area contributed by atoms with Crippen LogP contribution >= 0.6 is 0 Å². The topological polar surface area (TPSA) is 54.0 Å². The van der Waals surface area contributed by atoms with Crippen molar-refractivity contribution in [1.82, 2.24) is 10.3 Å². The molecule has 2 rings (SSSR count). The summed E-state index contributed by atoms with van der Waals surface area (Å²) in [7, 11) is 0. The van der Waals surface area contributed by atoms with E-state index in [1.165, 1.54) is 12.8 Å². The standard InChI is InChI=1S/C15H23N3O/c1-3-16-14-8-7-12(10-17-14)15(19)18-13-6-4-5-11(2)9-13/h7-8,10-11,13H,3-6,9H2,1-2H3,(H,16,17)(H,18,19). The number of rotatable bonds is 4. The highest BCUT2D eigenvalue weighted by atomic mass is 16.1. The van der Waals surface area contributed by atoms with Crippen LogP contribution < -0.4 is 10.6 Å². The molecule has 1 aromatic rings. The van der Waals surface area contributed by atoms with Gasteiger partial charge in [0, 0.05) is 18.8 Å². The Morgan fingerprint density at radius 1 is 1.42 bits per heavy atom. The van der Waals surface area contributed by atoms with Gasteiger partial charge in [0.05, 0.1) is 5.56 Å². The first kappa shape index (κ1) is 13.8. The Labute approximate surface area is 115 Å². The van der Waals surface area contributed by atoms with Gasteiger partial charge in [0.1, 0.15) is 5.82 Å². The minimum atomic E-state index is -0.00496. The molecule has 1 aliphatic rings. The van der Waals surface area contributed by atoms with Gasteiger partial charge in [0.15, 0.2) is 0 Å². The lowest BCUT2D eigenvalue weighted by molar-refractivity contribution is 0.0921. The van der Waals surface area contributed by atoms with Gasteiger partial charge in [-0.05, 0) is 37.8 Å². The number of aromatic nitrogens is 1. The number of nitrogens with zero attached hydrogens (tertiary/aromatic N) is 1. The fourth-order valence-corrected chi connectivity index (χ4v) is 2.65. The maximum absolute atomic E-state index is 12.1. The molecule has 1 aromatic heterocycles. The van der Waals surface area contributed by atoms with E-state index in [1.54, 1.807) is 6.20 Å². The molecule has 4 heteroatoms. The van der Waals surface area contributed by atoms with Crippen LogP contribution in [0.15, 0.2) is 18.3 Å². The number of pyridine rings is 1. The van der Waals surface area contributed by atoms with Crippen LogP contribution in [0.3, 0.4) is 0 Å². The van der Waals surface area contributed by atoms with Crippen molar-refractivity contribution in [2.75, 3.05) is 11.9 Å². The molecule has 4 nitrogen and oxygen atoms in total. The summed E-state index contributed by atoms with van der Waals surface area (Å²) < 4.78 is 0. The predicted molar refractivity (Wildman–Crippen MR) is 77.3 cm³/mol. The molecule has 0 saturated heterocycles. The highest BCUT2D eigenvalue weighted by molar-refractivity contribution is 5.94. The normalized spacial score (nSPS) is 22.8. The van der Waals surface area contributed by atoms with Crippen molar-refractivity contribution in [3.8, 4) is 0 Å². The number of hydrogen-bond acceptors (Lipinski definition) is 3. The van der Waals surface area contributed by atoms with Crippen LogP contribution in [-0.2, 0) is 0 Å². The zero-order valence-corrected chi connectivity index (χ0v) is 11.8. The molecular formula is C15H23N3O. The van der Waals surface area contributed by atoms with Crippen LogP contribution in [0.1, 0.15) is 49.9 Å². The molecule has 1 amide bonds. The third kappa shape index (κ3) is 3.94. The molecule has 0 spiro atoms. The lowest BCUT2D eigenvalue weighted by atomic mass is 9.87. The molecule has 1 aliphatic carbocycles. The Morgan fingerprint density at radius 3 is 2.89 bits per heavy atom. The van der Waals surface area contributed by atoms with E-state index in [-0.39, 0.29) is 5.91 Å². The van der Waals surface area contributed by atoms with E-state index in [2.05, 4.69) is 22.5 Å². The lowest BCUT2D eigenvalue weighted by Crippen LogP contribution is -2.38. The van der Waals surface area contributed by atoms with Gasteiger partial charge >= 0.3 is 0 Å². The number of anilines is 1. The van der Waals surface area contributed by atoms with E-state index in [0.717, 1.165) is 25.2 Å². The number of carbonyl (C=O) groups is 1. The van der Waals surface area contributed by atoms with Crippen LogP contribution in [0.4, 0.5) is 5.82 Å². The van der Waals surface area contributed by atoms with Gasteiger partial charge in [-0.3, -0.25) is 4.79 Å². The molecular weight excluding hydrogens is 238 g/mol. The van der Waals surface area contributed by atoms with Crippen LogP contribution in [0.5, 0.6) is 0 Å². The summed E-state index contributed by atoms with van der Waals surface area (Å²) in [6, 6.07) is 4.00. The number of hydrogen-bond donors (Lipinski definition) is 2. The van der Waals surface area contributed by atoms with Crippen LogP contribution in [-0.4, -0.2) is 23.5 Å². The molecule has 1 heterocycles. The minimum absolute atomic E-state index is 0.00496. The van der Waals surface area contributed by atoms with Gasteiger partial charge in [0.25, 0.3) is 5.91 Å². The third-order valence-corrected chi connectivity index (χ3v) is 3.66. The predicted octanol–water partition coefficient (Wildman–Crippen LogP) is 2.82. The first-order chi connectivity index (χ1) is 9.19. The minimum Gasteiger partial charge on any atom is -0.370 e. The summed E-state index contributed by atoms with van der Waals surface area (Å²) in [5.41, 5.74) is 0.639. The second kappa shape index (κ2) is 6.55. The molecule has 2 atom stereocenters. The first-order valence-corrected chi connectivity index (χ1v) is 7.19. The van der Waals surface area contributed by atoms with Crippen molar-refractivity contribution in [2.45, 2.75) is 45.6 Å². The van der Waals surface area contributed by atoms with E-state index in [0.29, 0.717) is 17.5 Å². The quantitative estimate of drug-likeness (QED) is 0.876. The van der Waals surface area contributed by atoms with Gasteiger partial charge in [-0.15, -0.1) is 0 Å². The van der Waals surface area contributed by atoms with Gasteiger partial charge in [-0.2, -0.15) is 0 Å². The summed E-state index contributed by atoms with van der Waals surface area (Å²) in [6.45, 7) is 5.11. The van der Waals surface area contributed by atoms with Crippen molar-refractivity contribution >= 4 is 11.7 Å². The first-order valence-electron chi connectivity index (χ1n) is 7.19. The van der Waals surface area contributed by atoms with Crippen molar-refractivity contribution in [1.29, 1.82) is 0 Å². The number of amides is 1. The lowest BCUT2D eigenvalue weighted by Gasteiger charge is -2.27. The second-order valence-corrected chi connectivity index (χ2v) is 5.40. The van der Waals surface area contributed by atoms with E-state index < -0.39 is 0 Å². The van der Waals surface area contributed by atoms with E-state index >= 15 is 0 Å². The Hall–Kier alpha value is -1.58. The molecule has 0 aromatic carbocycles. The largest absolute Gasteiger partial charge is 0.370 e. The molecule has 0 radical (unpaired) electrons. The van der Waals surface area contributed by atoms with E-state index in [4.69, 9.17) is 0 Å². The summed E-state index contributed by atoms with van der Waals surface area (Å²) in [4.78, 5) is 16.3. The Balaban J connectivity index is 1.91. The molecule has 19 heavy (non-hydrogen) atoms. The average molecular weight is 261 g/mol. The highest BCUT2D eigenvalue weighted by Gasteiger charge is 2.20. The van der Waals surface area contributed by atoms with Crippen LogP contribution in [0.2, 0.25) is 0 Å². The summed E-state index contributed by atoms with van der Waals surface area (Å²) in [6.07, 6.45) is 6.32. The van der Waals surface area contributed by atoms with E-state index in [9.17, 15) is 4.79 Å². The molecule has 0 bridgehead atoms. The van der Waals surface area contributed by atoms with E-state index in [1.807, 2.05) is 19.1 Å². The van der Waals surface area contributed by atoms with Crippen molar-refractivity contribution in [3.05, 3.63) is 23.9 Å². The molecule has 104 valence electrons. The van der Waals surface area contributed by atoms with Gasteiger partial charge < -0.3 is 10.6 Å². The fourth-order valence-electron chi connectivity index (χ4n) is 2.65. The SMILES string of the molecule is CCNc1ccc(C(=O)NC2CCCC(C)C2)cn1. The van der Waals surface area contributed by atoms with Crippen LogP contribution in [0, 0.1) is 5.92 Å². The van der Waals surface area contributed by atoms with Gasteiger partial charge in [0.2, 0.25) is 0 Å².